The highest BCUT2D eigenvalue weighted by atomic mass is 32.2. The Morgan fingerprint density at radius 3 is 2.89 bits per heavy atom. The number of nitrogens with two attached hydrogens (primary N) is 1. The second-order valence-electron chi connectivity index (χ2n) is 3.51. The van der Waals surface area contributed by atoms with Gasteiger partial charge in [-0.05, 0) is 17.8 Å². The molecule has 0 radical (unpaired) electrons. The van der Waals surface area contributed by atoms with E-state index < -0.39 is 0 Å². The molecule has 0 unspecified atom stereocenters. The van der Waals surface area contributed by atoms with Crippen molar-refractivity contribution in [2.45, 2.75) is 10.2 Å². The van der Waals surface area contributed by atoms with E-state index in [1.165, 1.54) is 11.8 Å². The molecule has 0 aliphatic rings. The van der Waals surface area contributed by atoms with E-state index in [0.717, 1.165) is 21.1 Å². The number of aromatic nitrogens is 4. The van der Waals surface area contributed by atoms with Crippen molar-refractivity contribution < 1.29 is 0 Å². The fraction of sp³-hybridized carbons (Fsp3) is 0. The van der Waals surface area contributed by atoms with E-state index in [9.17, 15) is 0 Å². The highest BCUT2D eigenvalue weighted by Gasteiger charge is 2.09. The topological polar surface area (TPSA) is 92.5 Å². The summed E-state index contributed by atoms with van der Waals surface area (Å²) in [6.07, 6.45) is 3.47. The first kappa shape index (κ1) is 11.0. The second kappa shape index (κ2) is 4.63. The Morgan fingerprint density at radius 2 is 2.11 bits per heavy atom. The van der Waals surface area contributed by atoms with E-state index in [1.807, 2.05) is 24.3 Å². The average molecular weight is 258 g/mol. The number of H-pyrrole nitrogens is 1. The molecule has 2 heterocycles. The molecule has 3 rings (SSSR count). The van der Waals surface area contributed by atoms with Crippen LogP contribution in [-0.4, -0.2) is 19.9 Å². The van der Waals surface area contributed by atoms with Crippen LogP contribution in [0, 0.1) is 0 Å². The molecule has 0 amide bonds. The molecule has 7 heteroatoms. The third-order valence-corrected chi connectivity index (χ3v) is 3.29. The summed E-state index contributed by atoms with van der Waals surface area (Å²) in [6, 6.07) is 7.77. The van der Waals surface area contributed by atoms with Crippen LogP contribution in [0.2, 0.25) is 0 Å². The van der Waals surface area contributed by atoms with Gasteiger partial charge in [0.1, 0.15) is 5.03 Å². The van der Waals surface area contributed by atoms with Gasteiger partial charge >= 0.3 is 0 Å². The molecule has 6 nitrogen and oxygen atoms in total. The van der Waals surface area contributed by atoms with Gasteiger partial charge in [-0.25, -0.2) is 20.8 Å². The molecule has 0 spiro atoms. The molecule has 0 saturated carbocycles. The number of rotatable bonds is 3. The van der Waals surface area contributed by atoms with E-state index in [4.69, 9.17) is 5.84 Å². The van der Waals surface area contributed by atoms with Crippen LogP contribution >= 0.6 is 11.8 Å². The number of nitrogen functional groups attached to an aromatic ring is 1. The van der Waals surface area contributed by atoms with Gasteiger partial charge in [-0.15, -0.1) is 0 Å². The van der Waals surface area contributed by atoms with Crippen molar-refractivity contribution in [2.75, 3.05) is 5.43 Å². The molecule has 0 saturated heterocycles. The highest BCUT2D eigenvalue weighted by Crippen LogP contribution is 2.29. The molecule has 4 N–H and O–H groups in total. The molecule has 3 aromatic rings. The Balaban J connectivity index is 2.13. The Kier molecular flexibility index (Phi) is 2.83. The predicted octanol–water partition coefficient (Wildman–Crippen LogP) is 1.79. The summed E-state index contributed by atoms with van der Waals surface area (Å²) in [5.74, 6) is 5.77. The van der Waals surface area contributed by atoms with Gasteiger partial charge in [0.25, 0.3) is 0 Å². The summed E-state index contributed by atoms with van der Waals surface area (Å²) in [5.41, 5.74) is 3.32. The van der Waals surface area contributed by atoms with Crippen molar-refractivity contribution in [1.82, 2.24) is 19.9 Å². The molecule has 0 atom stereocenters. The molecular formula is C11H10N6S. The van der Waals surface area contributed by atoms with Crippen LogP contribution in [0.25, 0.3) is 10.9 Å². The minimum Gasteiger partial charge on any atom is -0.339 e. The summed E-state index contributed by atoms with van der Waals surface area (Å²) in [7, 11) is 0. The number of para-hydroxylation sites is 1. The predicted molar refractivity (Wildman–Crippen MR) is 70.1 cm³/mol. The average Bonchev–Trinajstić information content (AvgIpc) is 2.91. The number of benzene rings is 1. The van der Waals surface area contributed by atoms with Crippen molar-refractivity contribution in [3.63, 3.8) is 0 Å². The van der Waals surface area contributed by atoms with Crippen LogP contribution in [0.3, 0.4) is 0 Å². The molecule has 0 fully saturated rings. The summed E-state index contributed by atoms with van der Waals surface area (Å²) >= 11 is 1.44. The Bertz CT molecular complexity index is 666. The van der Waals surface area contributed by atoms with Crippen molar-refractivity contribution in [2.24, 2.45) is 5.84 Å². The number of anilines is 1. The van der Waals surface area contributed by atoms with Gasteiger partial charge in [-0.2, -0.15) is 0 Å². The lowest BCUT2D eigenvalue weighted by atomic mass is 10.2. The normalized spacial score (nSPS) is 10.7. The molecule has 0 aliphatic carbocycles. The van der Waals surface area contributed by atoms with E-state index in [1.54, 1.807) is 12.4 Å². The maximum atomic E-state index is 5.38. The highest BCUT2D eigenvalue weighted by molar-refractivity contribution is 7.99. The number of imidazole rings is 1. The zero-order valence-electron chi connectivity index (χ0n) is 9.29. The molecule has 18 heavy (non-hydrogen) atoms. The molecule has 0 bridgehead atoms. The van der Waals surface area contributed by atoms with E-state index in [0.29, 0.717) is 5.95 Å². The first-order valence-corrected chi connectivity index (χ1v) is 6.09. The van der Waals surface area contributed by atoms with Crippen LogP contribution in [-0.2, 0) is 0 Å². The number of nitrogens with one attached hydrogen (secondary N) is 2. The Morgan fingerprint density at radius 1 is 1.22 bits per heavy atom. The third kappa shape index (κ3) is 2.01. The molecular weight excluding hydrogens is 248 g/mol. The summed E-state index contributed by atoms with van der Waals surface area (Å²) in [4.78, 5) is 15.8. The SMILES string of the molecule is NNc1nc(Sc2ncc[nH]2)c2ccccc2n1. The minimum atomic E-state index is 0.391. The third-order valence-electron chi connectivity index (χ3n) is 2.36. The monoisotopic (exact) mass is 258 g/mol. The summed E-state index contributed by atoms with van der Waals surface area (Å²) in [6.45, 7) is 0. The van der Waals surface area contributed by atoms with Gasteiger partial charge in [0.05, 0.1) is 5.52 Å². The lowest BCUT2D eigenvalue weighted by Gasteiger charge is -2.06. The van der Waals surface area contributed by atoms with E-state index in [2.05, 4.69) is 25.4 Å². The standard InChI is InChI=1S/C11H10N6S/c12-17-10-15-8-4-2-1-3-7(8)9(16-10)18-11-13-5-6-14-11/h1-6H,12H2,(H,13,14)(H,15,16,17). The van der Waals surface area contributed by atoms with Gasteiger partial charge in [0.15, 0.2) is 5.16 Å². The summed E-state index contributed by atoms with van der Waals surface area (Å²) in [5, 5.41) is 2.56. The van der Waals surface area contributed by atoms with Gasteiger partial charge in [-0.1, -0.05) is 18.2 Å². The van der Waals surface area contributed by atoms with Gasteiger partial charge in [0.2, 0.25) is 5.95 Å². The first-order chi connectivity index (χ1) is 8.86. The molecule has 0 aliphatic heterocycles. The maximum Gasteiger partial charge on any atom is 0.238 e. The van der Waals surface area contributed by atoms with Gasteiger partial charge in [-0.3, -0.25) is 5.43 Å². The van der Waals surface area contributed by atoms with Gasteiger partial charge in [0, 0.05) is 17.8 Å². The van der Waals surface area contributed by atoms with Crippen molar-refractivity contribution in [3.8, 4) is 0 Å². The van der Waals surface area contributed by atoms with Crippen LogP contribution in [0.4, 0.5) is 5.95 Å². The Labute approximate surface area is 107 Å². The lowest BCUT2D eigenvalue weighted by molar-refractivity contribution is 1.03. The molecule has 90 valence electrons. The van der Waals surface area contributed by atoms with Crippen LogP contribution in [0.5, 0.6) is 0 Å². The van der Waals surface area contributed by atoms with Gasteiger partial charge < -0.3 is 4.98 Å². The fourth-order valence-electron chi connectivity index (χ4n) is 1.59. The summed E-state index contributed by atoms with van der Waals surface area (Å²) < 4.78 is 0. The van der Waals surface area contributed by atoms with Crippen molar-refractivity contribution in [1.29, 1.82) is 0 Å². The number of nitrogens with zero attached hydrogens (tertiary/aromatic N) is 3. The first-order valence-electron chi connectivity index (χ1n) is 5.27. The van der Waals surface area contributed by atoms with Crippen LogP contribution < -0.4 is 11.3 Å². The number of hydrogen-bond donors (Lipinski definition) is 3. The van der Waals surface area contributed by atoms with Crippen LogP contribution in [0.15, 0.2) is 46.8 Å². The number of fused-ring (bicyclic) bond motifs is 1. The zero-order valence-corrected chi connectivity index (χ0v) is 10.1. The number of hydrogen-bond acceptors (Lipinski definition) is 6. The zero-order chi connectivity index (χ0) is 12.4. The second-order valence-corrected chi connectivity index (χ2v) is 4.49. The smallest absolute Gasteiger partial charge is 0.238 e. The number of hydrazine groups is 1. The molecule has 1 aromatic carbocycles. The van der Waals surface area contributed by atoms with E-state index >= 15 is 0 Å². The largest absolute Gasteiger partial charge is 0.339 e. The number of aromatic amines is 1. The van der Waals surface area contributed by atoms with Crippen LogP contribution in [0.1, 0.15) is 0 Å². The molecule has 2 aromatic heterocycles. The van der Waals surface area contributed by atoms with Crippen molar-refractivity contribution in [3.05, 3.63) is 36.7 Å². The maximum absolute atomic E-state index is 5.38. The quantitative estimate of drug-likeness (QED) is 0.377. The van der Waals surface area contributed by atoms with E-state index in [-0.39, 0.29) is 0 Å². The minimum absolute atomic E-state index is 0.391. The lowest BCUT2D eigenvalue weighted by Crippen LogP contribution is -2.10. The van der Waals surface area contributed by atoms with Crippen molar-refractivity contribution >= 4 is 28.6 Å². The Hall–Kier alpha value is -2.12. The fourth-order valence-corrected chi connectivity index (χ4v) is 2.43.